The van der Waals surface area contributed by atoms with Gasteiger partial charge in [0.05, 0.1) is 5.52 Å². The van der Waals surface area contributed by atoms with Crippen molar-refractivity contribution in [2.24, 2.45) is 0 Å². The number of pyridine rings is 1. The standard InChI is InChI=1S/C21H20N2O2/c1-12-6-4-7-13(2)18(12)22-21(25)17-11-23-14(3)10-15-8-5-9-16(19(15)23)20(17)24/h4-9,11,14H,10H2,1-3H3,(H,22,25). The number of aryl methyl sites for hydroxylation is 2. The van der Waals surface area contributed by atoms with Gasteiger partial charge in [0, 0.05) is 23.3 Å². The van der Waals surface area contributed by atoms with E-state index in [2.05, 4.69) is 22.9 Å². The zero-order chi connectivity index (χ0) is 17.7. The van der Waals surface area contributed by atoms with Crippen LogP contribution in [-0.4, -0.2) is 10.5 Å². The molecule has 0 saturated carbocycles. The Balaban J connectivity index is 1.85. The van der Waals surface area contributed by atoms with Crippen molar-refractivity contribution in [3.63, 3.8) is 0 Å². The molecule has 3 aromatic rings. The minimum absolute atomic E-state index is 0.195. The lowest BCUT2D eigenvalue weighted by molar-refractivity contribution is 0.102. The minimum atomic E-state index is -0.349. The van der Waals surface area contributed by atoms with Crippen LogP contribution in [0.5, 0.6) is 0 Å². The monoisotopic (exact) mass is 332 g/mol. The Morgan fingerprint density at radius 1 is 1.12 bits per heavy atom. The summed E-state index contributed by atoms with van der Waals surface area (Å²) in [6, 6.07) is 11.9. The minimum Gasteiger partial charge on any atom is -0.343 e. The fraction of sp³-hybridized carbons (Fsp3) is 0.238. The number of rotatable bonds is 2. The van der Waals surface area contributed by atoms with Gasteiger partial charge < -0.3 is 9.88 Å². The third kappa shape index (κ3) is 2.37. The molecule has 4 rings (SSSR count). The van der Waals surface area contributed by atoms with Gasteiger partial charge in [-0.3, -0.25) is 9.59 Å². The first-order chi connectivity index (χ1) is 12.0. The van der Waals surface area contributed by atoms with Gasteiger partial charge >= 0.3 is 0 Å². The molecular weight excluding hydrogens is 312 g/mol. The number of aromatic nitrogens is 1. The fourth-order valence-electron chi connectivity index (χ4n) is 3.77. The maximum atomic E-state index is 12.9. The van der Waals surface area contributed by atoms with Crippen molar-refractivity contribution in [1.82, 2.24) is 4.57 Å². The molecule has 0 bridgehead atoms. The highest BCUT2D eigenvalue weighted by atomic mass is 16.2. The summed E-state index contributed by atoms with van der Waals surface area (Å²) >= 11 is 0. The number of carbonyl (C=O) groups excluding carboxylic acids is 1. The van der Waals surface area contributed by atoms with Crippen LogP contribution in [0.15, 0.2) is 47.4 Å². The predicted molar refractivity (Wildman–Crippen MR) is 100 cm³/mol. The Morgan fingerprint density at radius 3 is 2.52 bits per heavy atom. The topological polar surface area (TPSA) is 51.1 Å². The Labute approximate surface area is 146 Å². The van der Waals surface area contributed by atoms with Crippen LogP contribution in [-0.2, 0) is 6.42 Å². The first kappa shape index (κ1) is 15.6. The lowest BCUT2D eigenvalue weighted by Crippen LogP contribution is -2.24. The van der Waals surface area contributed by atoms with Crippen LogP contribution in [0.3, 0.4) is 0 Å². The highest BCUT2D eigenvalue weighted by molar-refractivity contribution is 6.06. The summed E-state index contributed by atoms with van der Waals surface area (Å²) in [5.74, 6) is -0.349. The molecule has 4 heteroatoms. The van der Waals surface area contributed by atoms with Gasteiger partial charge in [-0.25, -0.2) is 0 Å². The molecule has 1 unspecified atom stereocenters. The van der Waals surface area contributed by atoms with E-state index < -0.39 is 0 Å². The zero-order valence-corrected chi connectivity index (χ0v) is 14.6. The van der Waals surface area contributed by atoms with Crippen LogP contribution in [0.25, 0.3) is 10.9 Å². The molecular formula is C21H20N2O2. The summed E-state index contributed by atoms with van der Waals surface area (Å²) in [6.45, 7) is 6.00. The van der Waals surface area contributed by atoms with Crippen molar-refractivity contribution in [3.05, 3.63) is 75.1 Å². The normalized spacial score (nSPS) is 15.6. The van der Waals surface area contributed by atoms with Crippen LogP contribution in [0, 0.1) is 13.8 Å². The van der Waals surface area contributed by atoms with E-state index in [0.29, 0.717) is 5.39 Å². The molecule has 0 saturated heterocycles. The molecule has 0 fully saturated rings. The molecule has 0 aliphatic carbocycles. The molecule has 1 atom stereocenters. The van der Waals surface area contributed by atoms with E-state index in [9.17, 15) is 9.59 Å². The number of nitrogens with zero attached hydrogens (tertiary/aromatic N) is 1. The average Bonchev–Trinajstić information content (AvgIpc) is 2.90. The van der Waals surface area contributed by atoms with Crippen molar-refractivity contribution in [2.45, 2.75) is 33.2 Å². The number of anilines is 1. The average molecular weight is 332 g/mol. The smallest absolute Gasteiger partial charge is 0.261 e. The highest BCUT2D eigenvalue weighted by Crippen LogP contribution is 2.31. The molecule has 2 aromatic carbocycles. The van der Waals surface area contributed by atoms with Crippen LogP contribution >= 0.6 is 0 Å². The second kappa shape index (κ2) is 5.59. The van der Waals surface area contributed by atoms with Gasteiger partial charge in [-0.1, -0.05) is 30.3 Å². The Bertz CT molecular complexity index is 1060. The Hall–Kier alpha value is -2.88. The van der Waals surface area contributed by atoms with Crippen molar-refractivity contribution in [3.8, 4) is 0 Å². The van der Waals surface area contributed by atoms with E-state index in [4.69, 9.17) is 0 Å². The van der Waals surface area contributed by atoms with Crippen molar-refractivity contribution in [1.29, 1.82) is 0 Å². The Morgan fingerprint density at radius 2 is 1.80 bits per heavy atom. The van der Waals surface area contributed by atoms with Crippen LogP contribution < -0.4 is 10.7 Å². The number of hydrogen-bond acceptors (Lipinski definition) is 2. The number of amides is 1. The SMILES string of the molecule is Cc1cccc(C)c1NC(=O)c1cn2c3c(cccc3c1=O)CC2C. The van der Waals surface area contributed by atoms with Gasteiger partial charge in [0.15, 0.2) is 0 Å². The third-order valence-electron chi connectivity index (χ3n) is 5.09. The molecule has 4 nitrogen and oxygen atoms in total. The first-order valence-corrected chi connectivity index (χ1v) is 8.51. The number of para-hydroxylation sites is 2. The maximum Gasteiger partial charge on any atom is 0.261 e. The maximum absolute atomic E-state index is 12.9. The molecule has 1 aliphatic rings. The number of carbonyl (C=O) groups is 1. The number of nitrogens with one attached hydrogen (secondary N) is 1. The zero-order valence-electron chi connectivity index (χ0n) is 14.6. The summed E-state index contributed by atoms with van der Waals surface area (Å²) in [7, 11) is 0. The lowest BCUT2D eigenvalue weighted by atomic mass is 10.1. The fourth-order valence-corrected chi connectivity index (χ4v) is 3.77. The largest absolute Gasteiger partial charge is 0.343 e. The molecule has 1 aliphatic heterocycles. The van der Waals surface area contributed by atoms with Gasteiger partial charge in [-0.05, 0) is 49.9 Å². The molecule has 1 N–H and O–H groups in total. The van der Waals surface area contributed by atoms with Gasteiger partial charge in [-0.15, -0.1) is 0 Å². The summed E-state index contributed by atoms with van der Waals surface area (Å²) in [5.41, 5.74) is 4.86. The van der Waals surface area contributed by atoms with E-state index in [1.807, 2.05) is 44.2 Å². The molecule has 1 aromatic heterocycles. The quantitative estimate of drug-likeness (QED) is 0.771. The first-order valence-electron chi connectivity index (χ1n) is 8.51. The predicted octanol–water partition coefficient (Wildman–Crippen LogP) is 3.99. The number of hydrogen-bond donors (Lipinski definition) is 1. The van der Waals surface area contributed by atoms with E-state index in [0.717, 1.165) is 28.8 Å². The summed E-state index contributed by atoms with van der Waals surface area (Å²) in [4.78, 5) is 25.7. The molecule has 1 amide bonds. The summed E-state index contributed by atoms with van der Waals surface area (Å²) in [6.07, 6.45) is 2.60. The third-order valence-corrected chi connectivity index (χ3v) is 5.09. The highest BCUT2D eigenvalue weighted by Gasteiger charge is 2.24. The van der Waals surface area contributed by atoms with Crippen LogP contribution in [0.4, 0.5) is 5.69 Å². The van der Waals surface area contributed by atoms with Gasteiger partial charge in [0.25, 0.3) is 5.91 Å². The van der Waals surface area contributed by atoms with Crippen molar-refractivity contribution in [2.75, 3.05) is 5.32 Å². The van der Waals surface area contributed by atoms with Gasteiger partial charge in [0.2, 0.25) is 5.43 Å². The van der Waals surface area contributed by atoms with E-state index in [1.165, 1.54) is 5.56 Å². The molecule has 25 heavy (non-hydrogen) atoms. The van der Waals surface area contributed by atoms with Crippen molar-refractivity contribution >= 4 is 22.5 Å². The molecule has 2 heterocycles. The second-order valence-electron chi connectivity index (χ2n) is 6.87. The summed E-state index contributed by atoms with van der Waals surface area (Å²) < 4.78 is 2.06. The molecule has 0 radical (unpaired) electrons. The van der Waals surface area contributed by atoms with Crippen LogP contribution in [0.2, 0.25) is 0 Å². The Kier molecular flexibility index (Phi) is 3.49. The van der Waals surface area contributed by atoms with Crippen molar-refractivity contribution < 1.29 is 4.79 Å². The molecule has 0 spiro atoms. The second-order valence-corrected chi connectivity index (χ2v) is 6.87. The van der Waals surface area contributed by atoms with E-state index >= 15 is 0 Å². The van der Waals surface area contributed by atoms with E-state index in [-0.39, 0.29) is 22.9 Å². The number of benzene rings is 2. The van der Waals surface area contributed by atoms with Crippen LogP contribution in [0.1, 0.15) is 40.0 Å². The lowest BCUT2D eigenvalue weighted by Gasteiger charge is -2.14. The summed E-state index contributed by atoms with van der Waals surface area (Å²) in [5, 5.41) is 3.55. The van der Waals surface area contributed by atoms with Gasteiger partial charge in [-0.2, -0.15) is 0 Å². The van der Waals surface area contributed by atoms with Gasteiger partial charge in [0.1, 0.15) is 5.56 Å². The molecule has 126 valence electrons. The van der Waals surface area contributed by atoms with E-state index in [1.54, 1.807) is 6.20 Å².